The van der Waals surface area contributed by atoms with E-state index in [2.05, 4.69) is 0 Å². The lowest BCUT2D eigenvalue weighted by molar-refractivity contribution is 0.101. The van der Waals surface area contributed by atoms with Crippen LogP contribution in [0, 0.1) is 5.82 Å². The van der Waals surface area contributed by atoms with Gasteiger partial charge in [-0.25, -0.2) is 4.39 Å². The molecule has 0 spiro atoms. The summed E-state index contributed by atoms with van der Waals surface area (Å²) in [5, 5.41) is 0. The zero-order valence-electron chi connectivity index (χ0n) is 9.27. The van der Waals surface area contributed by atoms with Gasteiger partial charge in [-0.2, -0.15) is 0 Å². The van der Waals surface area contributed by atoms with Crippen molar-refractivity contribution in [3.8, 4) is 5.75 Å². The van der Waals surface area contributed by atoms with Crippen molar-refractivity contribution in [3.05, 3.63) is 53.7 Å². The van der Waals surface area contributed by atoms with Crippen LogP contribution >= 0.6 is 0 Å². The summed E-state index contributed by atoms with van der Waals surface area (Å²) in [6.07, 6.45) is 1.54. The summed E-state index contributed by atoms with van der Waals surface area (Å²) < 4.78 is 23.5. The monoisotopic (exact) mass is 234 g/mol. The molecule has 0 saturated heterocycles. The Morgan fingerprint density at radius 1 is 1.41 bits per heavy atom. The minimum absolute atomic E-state index is 0.207. The van der Waals surface area contributed by atoms with Gasteiger partial charge in [-0.15, -0.1) is 0 Å². The molecule has 1 heterocycles. The molecule has 0 amide bonds. The van der Waals surface area contributed by atoms with Crippen LogP contribution in [0.25, 0.3) is 0 Å². The van der Waals surface area contributed by atoms with Crippen LogP contribution in [-0.2, 0) is 6.61 Å². The Bertz CT molecular complexity index is 517. The van der Waals surface area contributed by atoms with E-state index < -0.39 is 5.82 Å². The molecule has 0 aliphatic rings. The third-order valence-corrected chi connectivity index (χ3v) is 2.27. The Kier molecular flexibility index (Phi) is 3.23. The molecular formula is C13H11FO3. The standard InChI is InChI=1S/C13H11FO3/c1-9(15)12-7-10(14)4-5-13(12)17-8-11-3-2-6-16-11/h2-7H,8H2,1H3. The predicted molar refractivity (Wildman–Crippen MR) is 59.4 cm³/mol. The lowest BCUT2D eigenvalue weighted by atomic mass is 10.1. The van der Waals surface area contributed by atoms with E-state index in [1.165, 1.54) is 31.4 Å². The van der Waals surface area contributed by atoms with E-state index in [9.17, 15) is 9.18 Å². The molecule has 2 rings (SSSR count). The van der Waals surface area contributed by atoms with E-state index in [0.717, 1.165) is 0 Å². The van der Waals surface area contributed by atoms with Crippen molar-refractivity contribution in [2.45, 2.75) is 13.5 Å². The van der Waals surface area contributed by atoms with Crippen LogP contribution in [0.1, 0.15) is 23.0 Å². The Balaban J connectivity index is 2.17. The largest absolute Gasteiger partial charge is 0.485 e. The van der Waals surface area contributed by atoms with Crippen molar-refractivity contribution >= 4 is 5.78 Å². The quantitative estimate of drug-likeness (QED) is 0.762. The lowest BCUT2D eigenvalue weighted by Gasteiger charge is -2.08. The van der Waals surface area contributed by atoms with Gasteiger partial charge in [-0.05, 0) is 37.3 Å². The first-order valence-corrected chi connectivity index (χ1v) is 5.12. The van der Waals surface area contributed by atoms with Crippen LogP contribution in [0.4, 0.5) is 4.39 Å². The average molecular weight is 234 g/mol. The number of rotatable bonds is 4. The summed E-state index contributed by atoms with van der Waals surface area (Å²) in [6, 6.07) is 7.37. The van der Waals surface area contributed by atoms with Crippen molar-refractivity contribution in [2.24, 2.45) is 0 Å². The van der Waals surface area contributed by atoms with Gasteiger partial charge in [0.1, 0.15) is 23.9 Å². The first-order chi connectivity index (χ1) is 8.16. The molecule has 0 atom stereocenters. The van der Waals surface area contributed by atoms with Gasteiger partial charge in [0.15, 0.2) is 5.78 Å². The van der Waals surface area contributed by atoms with E-state index in [-0.39, 0.29) is 18.0 Å². The SMILES string of the molecule is CC(=O)c1cc(F)ccc1OCc1ccco1. The molecule has 2 aromatic rings. The van der Waals surface area contributed by atoms with E-state index in [1.54, 1.807) is 12.1 Å². The van der Waals surface area contributed by atoms with Crippen molar-refractivity contribution in [2.75, 3.05) is 0 Å². The molecule has 0 radical (unpaired) electrons. The second-order valence-corrected chi connectivity index (χ2v) is 3.56. The predicted octanol–water partition coefficient (Wildman–Crippen LogP) is 3.20. The molecule has 0 aliphatic carbocycles. The molecule has 0 N–H and O–H groups in total. The van der Waals surface area contributed by atoms with Crippen LogP contribution in [0.15, 0.2) is 41.0 Å². The Labute approximate surface area is 97.8 Å². The number of ketones is 1. The van der Waals surface area contributed by atoms with Crippen LogP contribution < -0.4 is 4.74 Å². The minimum atomic E-state index is -0.458. The number of Topliss-reactive ketones (excluding diaryl/α,β-unsaturated/α-hetero) is 1. The number of benzene rings is 1. The van der Waals surface area contributed by atoms with Crippen LogP contribution in [-0.4, -0.2) is 5.78 Å². The minimum Gasteiger partial charge on any atom is -0.485 e. The summed E-state index contributed by atoms with van der Waals surface area (Å²) in [5.41, 5.74) is 0.233. The van der Waals surface area contributed by atoms with Gasteiger partial charge in [-0.3, -0.25) is 4.79 Å². The van der Waals surface area contributed by atoms with Crippen molar-refractivity contribution in [1.29, 1.82) is 0 Å². The fourth-order valence-corrected chi connectivity index (χ4v) is 1.45. The maximum Gasteiger partial charge on any atom is 0.163 e. The van der Waals surface area contributed by atoms with E-state index in [4.69, 9.17) is 9.15 Å². The maximum absolute atomic E-state index is 13.0. The smallest absolute Gasteiger partial charge is 0.163 e. The summed E-state index contributed by atoms with van der Waals surface area (Å²) in [6.45, 7) is 1.58. The van der Waals surface area contributed by atoms with Crippen LogP contribution in [0.5, 0.6) is 5.75 Å². The highest BCUT2D eigenvalue weighted by Crippen LogP contribution is 2.21. The average Bonchev–Trinajstić information content (AvgIpc) is 2.80. The van der Waals surface area contributed by atoms with Gasteiger partial charge in [0.25, 0.3) is 0 Å². The third kappa shape index (κ3) is 2.72. The molecule has 0 fully saturated rings. The summed E-state index contributed by atoms with van der Waals surface area (Å²) >= 11 is 0. The van der Waals surface area contributed by atoms with Gasteiger partial charge in [0.2, 0.25) is 0 Å². The first kappa shape index (κ1) is 11.4. The van der Waals surface area contributed by atoms with Crippen molar-refractivity contribution in [1.82, 2.24) is 0 Å². The van der Waals surface area contributed by atoms with E-state index >= 15 is 0 Å². The van der Waals surface area contributed by atoms with Gasteiger partial charge in [0, 0.05) is 0 Å². The topological polar surface area (TPSA) is 39.4 Å². The zero-order chi connectivity index (χ0) is 12.3. The first-order valence-electron chi connectivity index (χ1n) is 5.12. The fourth-order valence-electron chi connectivity index (χ4n) is 1.45. The number of carbonyl (C=O) groups is 1. The highest BCUT2D eigenvalue weighted by molar-refractivity contribution is 5.96. The number of hydrogen-bond donors (Lipinski definition) is 0. The Morgan fingerprint density at radius 2 is 2.24 bits per heavy atom. The summed E-state index contributed by atoms with van der Waals surface area (Å²) in [5.74, 6) is 0.304. The molecule has 4 heteroatoms. The normalized spacial score (nSPS) is 10.2. The zero-order valence-corrected chi connectivity index (χ0v) is 9.27. The van der Waals surface area contributed by atoms with Crippen LogP contribution in [0.3, 0.4) is 0 Å². The molecule has 0 saturated carbocycles. The molecule has 3 nitrogen and oxygen atoms in total. The highest BCUT2D eigenvalue weighted by atomic mass is 19.1. The Morgan fingerprint density at radius 3 is 2.88 bits per heavy atom. The number of furan rings is 1. The highest BCUT2D eigenvalue weighted by Gasteiger charge is 2.10. The fraction of sp³-hybridized carbons (Fsp3) is 0.154. The van der Waals surface area contributed by atoms with Crippen molar-refractivity contribution < 1.29 is 18.3 Å². The second kappa shape index (κ2) is 4.82. The molecule has 0 unspecified atom stereocenters. The molecule has 17 heavy (non-hydrogen) atoms. The third-order valence-electron chi connectivity index (χ3n) is 2.27. The molecule has 1 aromatic carbocycles. The number of ether oxygens (including phenoxy) is 1. The maximum atomic E-state index is 13.0. The molecule has 1 aromatic heterocycles. The summed E-state index contributed by atoms with van der Waals surface area (Å²) in [4.78, 5) is 11.3. The van der Waals surface area contributed by atoms with E-state index in [1.807, 2.05) is 0 Å². The van der Waals surface area contributed by atoms with Crippen LogP contribution in [0.2, 0.25) is 0 Å². The Hall–Kier alpha value is -2.10. The number of hydrogen-bond acceptors (Lipinski definition) is 3. The molecule has 0 bridgehead atoms. The number of halogens is 1. The second-order valence-electron chi connectivity index (χ2n) is 3.56. The molecule has 0 aliphatic heterocycles. The van der Waals surface area contributed by atoms with Gasteiger partial charge >= 0.3 is 0 Å². The number of carbonyl (C=O) groups excluding carboxylic acids is 1. The van der Waals surface area contributed by atoms with Crippen molar-refractivity contribution in [3.63, 3.8) is 0 Å². The molecule has 88 valence electrons. The van der Waals surface area contributed by atoms with Gasteiger partial charge in [0.05, 0.1) is 11.8 Å². The van der Waals surface area contributed by atoms with Gasteiger partial charge < -0.3 is 9.15 Å². The van der Waals surface area contributed by atoms with E-state index in [0.29, 0.717) is 11.5 Å². The van der Waals surface area contributed by atoms with Gasteiger partial charge in [-0.1, -0.05) is 0 Å². The molecular weight excluding hydrogens is 223 g/mol. The lowest BCUT2D eigenvalue weighted by Crippen LogP contribution is -2.01. The summed E-state index contributed by atoms with van der Waals surface area (Å²) in [7, 11) is 0.